The number of hydrogen-bond donors (Lipinski definition) is 1. The van der Waals surface area contributed by atoms with Crippen LogP contribution in [0.3, 0.4) is 0 Å². The van der Waals surface area contributed by atoms with Gasteiger partial charge < -0.3 is 9.72 Å². The van der Waals surface area contributed by atoms with Gasteiger partial charge in [0.1, 0.15) is 11.4 Å². The molecule has 2 aromatic heterocycles. The van der Waals surface area contributed by atoms with Crippen LogP contribution in [0.1, 0.15) is 11.1 Å². The van der Waals surface area contributed by atoms with Crippen molar-refractivity contribution in [2.75, 3.05) is 7.11 Å². The van der Waals surface area contributed by atoms with E-state index in [4.69, 9.17) is 16.3 Å². The van der Waals surface area contributed by atoms with Crippen LogP contribution < -0.4 is 4.74 Å². The van der Waals surface area contributed by atoms with E-state index in [1.165, 1.54) is 0 Å². The topological polar surface area (TPSA) is 37.9 Å². The number of hydrogen-bond acceptors (Lipinski definition) is 2. The number of methoxy groups -OCH3 is 1. The molecular formula is C20H15ClN2O. The lowest BCUT2D eigenvalue weighted by Crippen LogP contribution is -1.81. The molecule has 2 heterocycles. The van der Waals surface area contributed by atoms with Crippen LogP contribution in [0.5, 0.6) is 5.75 Å². The maximum atomic E-state index is 6.08. The molecule has 0 aliphatic rings. The van der Waals surface area contributed by atoms with Crippen LogP contribution in [-0.2, 0) is 0 Å². The molecular weight excluding hydrogens is 320 g/mol. The summed E-state index contributed by atoms with van der Waals surface area (Å²) in [5.74, 6) is 0.858. The summed E-state index contributed by atoms with van der Waals surface area (Å²) < 4.78 is 5.18. The summed E-state index contributed by atoms with van der Waals surface area (Å²) in [5, 5.41) is 2.80. The van der Waals surface area contributed by atoms with Crippen LogP contribution in [0, 0.1) is 0 Å². The number of H-pyrrole nitrogens is 1. The van der Waals surface area contributed by atoms with Gasteiger partial charge in [0.05, 0.1) is 12.1 Å². The molecule has 0 radical (unpaired) electrons. The molecule has 4 rings (SSSR count). The van der Waals surface area contributed by atoms with Gasteiger partial charge in [0, 0.05) is 22.5 Å². The number of benzene rings is 2. The third-order valence-electron chi connectivity index (χ3n) is 4.03. The van der Waals surface area contributed by atoms with Gasteiger partial charge in [-0.05, 0) is 41.5 Å². The second-order valence-electron chi connectivity index (χ2n) is 5.59. The minimum atomic E-state index is 0.641. The molecule has 0 bridgehead atoms. The van der Waals surface area contributed by atoms with E-state index in [9.17, 15) is 0 Å². The molecule has 0 aliphatic heterocycles. The first kappa shape index (κ1) is 14.8. The second-order valence-corrected chi connectivity index (χ2v) is 6.02. The number of halogens is 1. The number of pyridine rings is 1. The highest BCUT2D eigenvalue weighted by Gasteiger charge is 2.06. The number of ether oxygens (including phenoxy) is 1. The van der Waals surface area contributed by atoms with E-state index < -0.39 is 0 Å². The molecule has 0 saturated carbocycles. The molecule has 0 saturated heterocycles. The van der Waals surface area contributed by atoms with Gasteiger partial charge in [-0.3, -0.25) is 0 Å². The van der Waals surface area contributed by atoms with Gasteiger partial charge in [0.15, 0.2) is 0 Å². The van der Waals surface area contributed by atoms with Crippen molar-refractivity contribution in [3.05, 3.63) is 70.9 Å². The molecule has 0 amide bonds. The van der Waals surface area contributed by atoms with Crippen molar-refractivity contribution < 1.29 is 4.74 Å². The molecule has 0 unspecified atom stereocenters. The Kier molecular flexibility index (Phi) is 3.71. The Balaban J connectivity index is 1.72. The standard InChI is InChI=1S/C20H15ClN2O/c1-24-16-7-4-13(5-8-16)2-3-14-6-9-19-17(10-14)18-11-15(21)12-22-20(18)23-19/h2-12H,1H3,(H,22,23). The molecule has 0 atom stereocenters. The zero-order valence-corrected chi connectivity index (χ0v) is 13.8. The summed E-state index contributed by atoms with van der Waals surface area (Å²) in [7, 11) is 1.67. The lowest BCUT2D eigenvalue weighted by molar-refractivity contribution is 0.415. The Morgan fingerprint density at radius 1 is 0.958 bits per heavy atom. The van der Waals surface area contributed by atoms with Gasteiger partial charge in [0.25, 0.3) is 0 Å². The largest absolute Gasteiger partial charge is 0.497 e. The van der Waals surface area contributed by atoms with E-state index >= 15 is 0 Å². The van der Waals surface area contributed by atoms with E-state index in [-0.39, 0.29) is 0 Å². The monoisotopic (exact) mass is 334 g/mol. The molecule has 1 N–H and O–H groups in total. The summed E-state index contributed by atoms with van der Waals surface area (Å²) in [6, 6.07) is 16.2. The van der Waals surface area contributed by atoms with Crippen molar-refractivity contribution in [2.45, 2.75) is 0 Å². The van der Waals surface area contributed by atoms with E-state index in [0.29, 0.717) is 5.02 Å². The maximum Gasteiger partial charge on any atom is 0.138 e. The third-order valence-corrected chi connectivity index (χ3v) is 4.23. The van der Waals surface area contributed by atoms with Crippen molar-refractivity contribution >= 4 is 45.7 Å². The number of nitrogens with zero attached hydrogens (tertiary/aromatic N) is 1. The van der Waals surface area contributed by atoms with E-state index in [2.05, 4.69) is 40.3 Å². The van der Waals surface area contributed by atoms with Crippen LogP contribution in [0.15, 0.2) is 54.7 Å². The Bertz CT molecular complexity index is 1050. The zero-order chi connectivity index (χ0) is 16.5. The highest BCUT2D eigenvalue weighted by Crippen LogP contribution is 2.27. The van der Waals surface area contributed by atoms with Gasteiger partial charge >= 0.3 is 0 Å². The van der Waals surface area contributed by atoms with Crippen molar-refractivity contribution in [3.63, 3.8) is 0 Å². The van der Waals surface area contributed by atoms with Crippen molar-refractivity contribution in [3.8, 4) is 5.75 Å². The SMILES string of the molecule is COc1ccc(C=Cc2ccc3[nH]c4ncc(Cl)cc4c3c2)cc1. The summed E-state index contributed by atoms with van der Waals surface area (Å²) in [5.41, 5.74) is 4.16. The number of rotatable bonds is 3. The van der Waals surface area contributed by atoms with E-state index in [0.717, 1.165) is 38.8 Å². The second kappa shape index (κ2) is 6.02. The first-order valence-corrected chi connectivity index (χ1v) is 8.00. The predicted molar refractivity (Wildman–Crippen MR) is 101 cm³/mol. The average Bonchev–Trinajstić information content (AvgIpc) is 2.97. The summed E-state index contributed by atoms with van der Waals surface area (Å²) in [6.45, 7) is 0. The normalized spacial score (nSPS) is 11.6. The minimum absolute atomic E-state index is 0.641. The molecule has 118 valence electrons. The predicted octanol–water partition coefficient (Wildman–Crippen LogP) is 5.55. The third kappa shape index (κ3) is 2.74. The Morgan fingerprint density at radius 3 is 2.50 bits per heavy atom. The Labute approximate surface area is 144 Å². The van der Waals surface area contributed by atoms with Crippen LogP contribution in [0.2, 0.25) is 5.02 Å². The Morgan fingerprint density at radius 2 is 1.71 bits per heavy atom. The highest BCUT2D eigenvalue weighted by molar-refractivity contribution is 6.31. The van der Waals surface area contributed by atoms with E-state index in [1.54, 1.807) is 13.3 Å². The number of fused-ring (bicyclic) bond motifs is 3. The van der Waals surface area contributed by atoms with Crippen molar-refractivity contribution in [1.29, 1.82) is 0 Å². The molecule has 0 fully saturated rings. The summed E-state index contributed by atoms with van der Waals surface area (Å²) in [4.78, 5) is 7.65. The molecule has 3 nitrogen and oxygen atoms in total. The molecule has 4 heteroatoms. The average molecular weight is 335 g/mol. The highest BCUT2D eigenvalue weighted by atomic mass is 35.5. The van der Waals surface area contributed by atoms with Crippen molar-refractivity contribution in [2.24, 2.45) is 0 Å². The first-order chi connectivity index (χ1) is 11.7. The molecule has 0 spiro atoms. The molecule has 2 aromatic carbocycles. The molecule has 0 aliphatic carbocycles. The van der Waals surface area contributed by atoms with Gasteiger partial charge in [-0.25, -0.2) is 4.98 Å². The smallest absolute Gasteiger partial charge is 0.138 e. The zero-order valence-electron chi connectivity index (χ0n) is 13.1. The minimum Gasteiger partial charge on any atom is -0.497 e. The van der Waals surface area contributed by atoms with E-state index in [1.807, 2.05) is 30.3 Å². The molecule has 4 aromatic rings. The number of aromatic amines is 1. The Hall–Kier alpha value is -2.78. The fourth-order valence-electron chi connectivity index (χ4n) is 2.78. The van der Waals surface area contributed by atoms with Crippen molar-refractivity contribution in [1.82, 2.24) is 9.97 Å². The van der Waals surface area contributed by atoms with Crippen LogP contribution in [0.25, 0.3) is 34.1 Å². The van der Waals surface area contributed by atoms with Crippen LogP contribution in [0.4, 0.5) is 0 Å². The number of nitrogens with one attached hydrogen (secondary N) is 1. The fourth-order valence-corrected chi connectivity index (χ4v) is 2.93. The quantitative estimate of drug-likeness (QED) is 0.499. The summed E-state index contributed by atoms with van der Waals surface area (Å²) >= 11 is 6.08. The lowest BCUT2D eigenvalue weighted by Gasteiger charge is -1.99. The van der Waals surface area contributed by atoms with Gasteiger partial charge in [0.2, 0.25) is 0 Å². The summed E-state index contributed by atoms with van der Waals surface area (Å²) in [6.07, 6.45) is 5.84. The maximum absolute atomic E-state index is 6.08. The fraction of sp³-hybridized carbons (Fsp3) is 0.0500. The van der Waals surface area contributed by atoms with Gasteiger partial charge in [-0.2, -0.15) is 0 Å². The van der Waals surface area contributed by atoms with Crippen LogP contribution >= 0.6 is 11.6 Å². The first-order valence-electron chi connectivity index (χ1n) is 7.62. The molecule has 24 heavy (non-hydrogen) atoms. The lowest BCUT2D eigenvalue weighted by atomic mass is 10.1. The number of aromatic nitrogens is 2. The van der Waals surface area contributed by atoms with Crippen LogP contribution in [-0.4, -0.2) is 17.1 Å². The van der Waals surface area contributed by atoms with Gasteiger partial charge in [-0.1, -0.05) is 42.0 Å². The van der Waals surface area contributed by atoms with Gasteiger partial charge in [-0.15, -0.1) is 0 Å².